The van der Waals surface area contributed by atoms with Gasteiger partial charge in [-0.1, -0.05) is 12.2 Å². The summed E-state index contributed by atoms with van der Waals surface area (Å²) in [5, 5.41) is 0. The lowest BCUT2D eigenvalue weighted by Crippen LogP contribution is -2.37. The highest BCUT2D eigenvalue weighted by molar-refractivity contribution is 6.32. The van der Waals surface area contributed by atoms with Crippen LogP contribution in [0.1, 0.15) is 0 Å². The van der Waals surface area contributed by atoms with Gasteiger partial charge in [-0.3, -0.25) is 4.79 Å². The Hall–Kier alpha value is -2.09. The first-order chi connectivity index (χ1) is 7.67. The molecule has 0 fully saturated rings. The zero-order chi connectivity index (χ0) is 12.4. The molecule has 0 rings (SSSR count). The fourth-order valence-corrected chi connectivity index (χ4v) is 0.872. The van der Waals surface area contributed by atoms with Crippen LogP contribution in [0.5, 0.6) is 0 Å². The highest BCUT2D eigenvalue weighted by atomic mass is 19.1. The third-order valence-corrected chi connectivity index (χ3v) is 1.50. The minimum Gasteiger partial charge on any atom is -0.445 e. The summed E-state index contributed by atoms with van der Waals surface area (Å²) in [5.41, 5.74) is 0. The van der Waals surface area contributed by atoms with E-state index in [1.54, 1.807) is 0 Å². The molecule has 0 aromatic heterocycles. The minimum absolute atomic E-state index is 0.203. The zero-order valence-corrected chi connectivity index (χ0v) is 8.74. The van der Waals surface area contributed by atoms with Crippen molar-refractivity contribution in [3.8, 4) is 12.1 Å². The Morgan fingerprint density at radius 3 is 2.31 bits per heavy atom. The normalized spacial score (nSPS) is 8.31. The van der Waals surface area contributed by atoms with Gasteiger partial charge in [0.1, 0.15) is 6.17 Å². The second-order valence-electron chi connectivity index (χ2n) is 2.63. The van der Waals surface area contributed by atoms with Crippen LogP contribution >= 0.6 is 0 Å². The second-order valence-corrected chi connectivity index (χ2v) is 2.63. The summed E-state index contributed by atoms with van der Waals surface area (Å²) in [6.07, 6.45) is 3.99. The predicted molar refractivity (Wildman–Crippen MR) is 56.8 cm³/mol. The summed E-state index contributed by atoms with van der Waals surface area (Å²) in [7, 11) is 0. The van der Waals surface area contributed by atoms with Gasteiger partial charge < -0.3 is 9.64 Å². The summed E-state index contributed by atoms with van der Waals surface area (Å²) in [4.78, 5) is 23.8. The number of amides is 1. The Labute approximate surface area is 93.4 Å². The average molecular weight is 225 g/mol. The molecular weight excluding hydrogens is 213 g/mol. The fourth-order valence-electron chi connectivity index (χ4n) is 0.872. The summed E-state index contributed by atoms with van der Waals surface area (Å²) in [6.45, 7) is 6.85. The van der Waals surface area contributed by atoms with Gasteiger partial charge in [-0.15, -0.1) is 17.5 Å². The van der Waals surface area contributed by atoms with Gasteiger partial charge in [0.25, 0.3) is 0 Å². The number of hydrogen-bond donors (Lipinski definition) is 0. The zero-order valence-electron chi connectivity index (χ0n) is 8.74. The van der Waals surface area contributed by atoms with E-state index in [1.807, 2.05) is 5.92 Å². The molecule has 0 unspecified atom stereocenters. The number of halogens is 1. The topological polar surface area (TPSA) is 46.6 Å². The van der Waals surface area contributed by atoms with E-state index in [0.29, 0.717) is 0 Å². The lowest BCUT2D eigenvalue weighted by atomic mass is 10.4. The van der Waals surface area contributed by atoms with Gasteiger partial charge in [0, 0.05) is 13.1 Å². The molecule has 0 saturated carbocycles. The van der Waals surface area contributed by atoms with E-state index in [9.17, 15) is 14.0 Å². The predicted octanol–water partition coefficient (Wildman–Crippen LogP) is 0.661. The van der Waals surface area contributed by atoms with Crippen molar-refractivity contribution < 1.29 is 18.7 Å². The van der Waals surface area contributed by atoms with Crippen molar-refractivity contribution in [3.63, 3.8) is 0 Å². The summed E-state index contributed by atoms with van der Waals surface area (Å²) in [6, 6.07) is 0. The van der Waals surface area contributed by atoms with E-state index in [0.717, 1.165) is 6.17 Å². The molecule has 0 radical (unpaired) electrons. The molecule has 0 aliphatic rings. The average Bonchev–Trinajstić information content (AvgIpc) is 2.28. The van der Waals surface area contributed by atoms with Crippen molar-refractivity contribution in [2.45, 2.75) is 0 Å². The van der Waals surface area contributed by atoms with E-state index in [1.165, 1.54) is 17.1 Å². The molecule has 0 aromatic carbocycles. The first kappa shape index (κ1) is 13.9. The fraction of sp³-hybridized carbons (Fsp3) is 0.273. The molecule has 0 aliphatic carbocycles. The Kier molecular flexibility index (Phi) is 7.16. The van der Waals surface area contributed by atoms with Gasteiger partial charge in [-0.25, -0.2) is 4.79 Å². The van der Waals surface area contributed by atoms with E-state index in [2.05, 4.69) is 17.9 Å². The quantitative estimate of drug-likeness (QED) is 0.299. The molecule has 5 heteroatoms. The Morgan fingerprint density at radius 2 is 1.88 bits per heavy atom. The summed E-state index contributed by atoms with van der Waals surface area (Å²) in [5.74, 6) is -0.0441. The molecule has 0 bridgehead atoms. The molecule has 0 spiro atoms. The van der Waals surface area contributed by atoms with Crippen molar-refractivity contribution in [3.05, 3.63) is 25.3 Å². The van der Waals surface area contributed by atoms with Crippen LogP contribution in [0.3, 0.4) is 0 Å². The van der Waals surface area contributed by atoms with Gasteiger partial charge in [-0.05, 0) is 5.92 Å². The number of carbonyl (C=O) groups is 2. The van der Waals surface area contributed by atoms with Crippen LogP contribution in [0.25, 0.3) is 0 Å². The van der Waals surface area contributed by atoms with Gasteiger partial charge in [-0.2, -0.15) is 0 Å². The van der Waals surface area contributed by atoms with Crippen LogP contribution in [0.15, 0.2) is 25.3 Å². The van der Waals surface area contributed by atoms with Crippen LogP contribution in [0.2, 0.25) is 0 Å². The van der Waals surface area contributed by atoms with Crippen LogP contribution in [-0.4, -0.2) is 36.5 Å². The van der Waals surface area contributed by atoms with Gasteiger partial charge >= 0.3 is 11.9 Å². The molecule has 0 aromatic rings. The van der Waals surface area contributed by atoms with Crippen molar-refractivity contribution in [2.75, 3.05) is 19.7 Å². The van der Waals surface area contributed by atoms with Crippen LogP contribution in [0.4, 0.5) is 4.39 Å². The van der Waals surface area contributed by atoms with E-state index >= 15 is 0 Å². The second kappa shape index (κ2) is 8.24. The summed E-state index contributed by atoms with van der Waals surface area (Å²) >= 11 is 0. The SMILES string of the molecule is C=CCN(CC=C)C(=O)C(=O)OCC#CF. The molecule has 1 amide bonds. The van der Waals surface area contributed by atoms with Crippen molar-refractivity contribution in [1.82, 2.24) is 4.90 Å². The maximum atomic E-state index is 11.4. The number of rotatable bonds is 5. The molecule has 86 valence electrons. The van der Waals surface area contributed by atoms with Gasteiger partial charge in [0.15, 0.2) is 6.61 Å². The van der Waals surface area contributed by atoms with Crippen molar-refractivity contribution in [2.24, 2.45) is 0 Å². The number of hydrogen-bond acceptors (Lipinski definition) is 3. The third-order valence-electron chi connectivity index (χ3n) is 1.50. The molecule has 0 atom stereocenters. The first-order valence-electron chi connectivity index (χ1n) is 4.43. The molecular formula is C11H12FNO3. The Bertz CT molecular complexity index is 331. The van der Waals surface area contributed by atoms with E-state index < -0.39 is 18.5 Å². The highest BCUT2D eigenvalue weighted by Gasteiger charge is 2.21. The number of carbonyl (C=O) groups excluding carboxylic acids is 2. The van der Waals surface area contributed by atoms with Crippen molar-refractivity contribution >= 4 is 11.9 Å². The van der Waals surface area contributed by atoms with Crippen LogP contribution in [-0.2, 0) is 14.3 Å². The van der Waals surface area contributed by atoms with Crippen LogP contribution in [0, 0.1) is 12.1 Å². The molecule has 16 heavy (non-hydrogen) atoms. The van der Waals surface area contributed by atoms with E-state index in [4.69, 9.17) is 0 Å². The first-order valence-corrected chi connectivity index (χ1v) is 4.43. The lowest BCUT2D eigenvalue weighted by Gasteiger charge is -2.17. The maximum absolute atomic E-state index is 11.4. The number of nitrogens with zero attached hydrogens (tertiary/aromatic N) is 1. The lowest BCUT2D eigenvalue weighted by molar-refractivity contribution is -0.158. The Morgan fingerprint density at radius 1 is 1.31 bits per heavy atom. The molecule has 0 aliphatic heterocycles. The standard InChI is InChI=1S/C11H12FNO3/c1-3-7-13(8-4-2)10(14)11(15)16-9-5-6-12/h3-4H,1-2,7-9H2. The minimum atomic E-state index is -1.08. The number of ether oxygens (including phenoxy) is 1. The van der Waals surface area contributed by atoms with Crippen molar-refractivity contribution in [1.29, 1.82) is 0 Å². The maximum Gasteiger partial charge on any atom is 0.398 e. The molecule has 0 heterocycles. The van der Waals surface area contributed by atoms with E-state index in [-0.39, 0.29) is 13.1 Å². The molecule has 0 saturated heterocycles. The molecule has 4 nitrogen and oxygen atoms in total. The third kappa shape index (κ3) is 4.96. The smallest absolute Gasteiger partial charge is 0.398 e. The monoisotopic (exact) mass is 225 g/mol. The summed E-state index contributed by atoms with van der Waals surface area (Å²) < 4.78 is 15.8. The van der Waals surface area contributed by atoms with Crippen LogP contribution < -0.4 is 0 Å². The largest absolute Gasteiger partial charge is 0.445 e. The Balaban J connectivity index is 4.33. The highest BCUT2D eigenvalue weighted by Crippen LogP contribution is 1.94. The number of esters is 1. The van der Waals surface area contributed by atoms with Gasteiger partial charge in [0.2, 0.25) is 0 Å². The molecule has 0 N–H and O–H groups in total. The van der Waals surface area contributed by atoms with Gasteiger partial charge in [0.05, 0.1) is 0 Å².